The molecule has 5 nitrogen and oxygen atoms in total. The van der Waals surface area contributed by atoms with Crippen molar-refractivity contribution >= 4 is 6.09 Å². The molecular weight excluding hydrogens is 270 g/mol. The van der Waals surface area contributed by atoms with E-state index < -0.39 is 11.3 Å². The normalized spacial score (nSPS) is 23.2. The molecule has 1 rings (SSSR count). The highest BCUT2D eigenvalue weighted by atomic mass is 16.6. The Morgan fingerprint density at radius 2 is 2.10 bits per heavy atom. The third-order valence-corrected chi connectivity index (χ3v) is 3.72. The van der Waals surface area contributed by atoms with Crippen LogP contribution in [0.2, 0.25) is 0 Å². The van der Waals surface area contributed by atoms with Crippen molar-refractivity contribution in [3.05, 3.63) is 0 Å². The molecule has 0 bridgehead atoms. The topological polar surface area (TPSA) is 59.0 Å². The molecule has 1 heterocycles. The van der Waals surface area contributed by atoms with Gasteiger partial charge >= 0.3 is 6.09 Å². The second-order valence-corrected chi connectivity index (χ2v) is 7.33. The van der Waals surface area contributed by atoms with Crippen LogP contribution in [0.4, 0.5) is 4.79 Å². The predicted molar refractivity (Wildman–Crippen MR) is 82.0 cm³/mol. The Balaban J connectivity index is 2.81. The van der Waals surface area contributed by atoms with Gasteiger partial charge in [-0.3, -0.25) is 4.90 Å². The SMILES string of the molecule is CCCC(CO)CC1COC(C)(C)N1C(=O)OC(C)(C)C. The van der Waals surface area contributed by atoms with Gasteiger partial charge in [-0.2, -0.15) is 0 Å². The Kier molecular flexibility index (Phi) is 6.05. The van der Waals surface area contributed by atoms with Crippen molar-refractivity contribution in [2.75, 3.05) is 13.2 Å². The Morgan fingerprint density at radius 3 is 2.57 bits per heavy atom. The molecule has 2 unspecified atom stereocenters. The van der Waals surface area contributed by atoms with Crippen molar-refractivity contribution in [2.24, 2.45) is 5.92 Å². The number of hydrogen-bond acceptors (Lipinski definition) is 4. The van der Waals surface area contributed by atoms with Crippen LogP contribution < -0.4 is 0 Å². The lowest BCUT2D eigenvalue weighted by Gasteiger charge is -2.36. The van der Waals surface area contributed by atoms with Gasteiger partial charge in [0.15, 0.2) is 0 Å². The third-order valence-electron chi connectivity index (χ3n) is 3.72. The second-order valence-electron chi connectivity index (χ2n) is 7.33. The van der Waals surface area contributed by atoms with Crippen LogP contribution >= 0.6 is 0 Å². The standard InChI is InChI=1S/C16H31NO4/c1-7-8-12(10-18)9-13-11-20-16(5,6)17(13)14(19)21-15(2,3)4/h12-13,18H,7-11H2,1-6H3. The molecule has 21 heavy (non-hydrogen) atoms. The molecule has 1 amide bonds. The lowest BCUT2D eigenvalue weighted by atomic mass is 9.95. The summed E-state index contributed by atoms with van der Waals surface area (Å²) < 4.78 is 11.3. The van der Waals surface area contributed by atoms with Gasteiger partial charge in [0, 0.05) is 6.61 Å². The van der Waals surface area contributed by atoms with Gasteiger partial charge in [-0.15, -0.1) is 0 Å². The van der Waals surface area contributed by atoms with Gasteiger partial charge in [0.2, 0.25) is 0 Å². The minimum absolute atomic E-state index is 0.0430. The van der Waals surface area contributed by atoms with Crippen LogP contribution in [0.1, 0.15) is 60.8 Å². The molecule has 0 aromatic heterocycles. The molecule has 2 atom stereocenters. The molecule has 0 spiro atoms. The first-order valence-electron chi connectivity index (χ1n) is 7.88. The highest BCUT2D eigenvalue weighted by molar-refractivity contribution is 5.69. The average molecular weight is 301 g/mol. The van der Waals surface area contributed by atoms with Gasteiger partial charge in [-0.05, 0) is 53.4 Å². The fraction of sp³-hybridized carbons (Fsp3) is 0.938. The Bertz CT molecular complexity index is 349. The Hall–Kier alpha value is -0.810. The van der Waals surface area contributed by atoms with Crippen molar-refractivity contribution in [3.8, 4) is 0 Å². The monoisotopic (exact) mass is 301 g/mol. The summed E-state index contributed by atoms with van der Waals surface area (Å²) in [5.74, 6) is 0.197. The first kappa shape index (κ1) is 18.2. The minimum Gasteiger partial charge on any atom is -0.444 e. The molecule has 5 heteroatoms. The Morgan fingerprint density at radius 1 is 1.48 bits per heavy atom. The van der Waals surface area contributed by atoms with Crippen LogP contribution in [0.5, 0.6) is 0 Å². The van der Waals surface area contributed by atoms with E-state index in [1.165, 1.54) is 0 Å². The summed E-state index contributed by atoms with van der Waals surface area (Å²) in [5, 5.41) is 9.48. The lowest BCUT2D eigenvalue weighted by Crippen LogP contribution is -2.50. The van der Waals surface area contributed by atoms with Gasteiger partial charge in [0.25, 0.3) is 0 Å². The van der Waals surface area contributed by atoms with E-state index in [4.69, 9.17) is 9.47 Å². The molecule has 1 aliphatic heterocycles. The van der Waals surface area contributed by atoms with Gasteiger partial charge < -0.3 is 14.6 Å². The van der Waals surface area contributed by atoms with Gasteiger partial charge in [0.05, 0.1) is 12.6 Å². The second kappa shape index (κ2) is 6.97. The number of aliphatic hydroxyl groups excluding tert-OH is 1. The summed E-state index contributed by atoms with van der Waals surface area (Å²) in [7, 11) is 0. The summed E-state index contributed by atoms with van der Waals surface area (Å²) in [5.41, 5.74) is -1.20. The number of carbonyl (C=O) groups excluding carboxylic acids is 1. The van der Waals surface area contributed by atoms with E-state index in [0.29, 0.717) is 6.61 Å². The van der Waals surface area contributed by atoms with E-state index >= 15 is 0 Å². The number of amides is 1. The molecule has 1 fully saturated rings. The fourth-order valence-electron chi connectivity index (χ4n) is 2.81. The maximum atomic E-state index is 12.5. The molecule has 1 saturated heterocycles. The average Bonchev–Trinajstić information content (AvgIpc) is 2.61. The van der Waals surface area contributed by atoms with E-state index in [2.05, 4.69) is 6.92 Å². The molecule has 124 valence electrons. The van der Waals surface area contributed by atoms with E-state index in [1.807, 2.05) is 34.6 Å². The van der Waals surface area contributed by atoms with E-state index in [0.717, 1.165) is 19.3 Å². The quantitative estimate of drug-likeness (QED) is 0.847. The van der Waals surface area contributed by atoms with Crippen molar-refractivity contribution in [2.45, 2.75) is 78.2 Å². The van der Waals surface area contributed by atoms with Crippen LogP contribution in [0.25, 0.3) is 0 Å². The number of carbonyl (C=O) groups is 1. The fourth-order valence-corrected chi connectivity index (χ4v) is 2.81. The molecule has 0 aromatic carbocycles. The van der Waals surface area contributed by atoms with E-state index in [9.17, 15) is 9.90 Å². The van der Waals surface area contributed by atoms with Crippen molar-refractivity contribution in [1.82, 2.24) is 4.90 Å². The zero-order chi connectivity index (χ0) is 16.3. The molecule has 0 saturated carbocycles. The molecule has 1 aliphatic rings. The number of nitrogens with zero attached hydrogens (tertiary/aromatic N) is 1. The van der Waals surface area contributed by atoms with Crippen LogP contribution in [0, 0.1) is 5.92 Å². The molecule has 0 aliphatic carbocycles. The smallest absolute Gasteiger partial charge is 0.412 e. The van der Waals surface area contributed by atoms with E-state index in [-0.39, 0.29) is 24.7 Å². The lowest BCUT2D eigenvalue weighted by molar-refractivity contribution is -0.0633. The van der Waals surface area contributed by atoms with Gasteiger partial charge in [-0.25, -0.2) is 4.79 Å². The third kappa shape index (κ3) is 5.15. The highest BCUT2D eigenvalue weighted by Gasteiger charge is 2.46. The number of aliphatic hydroxyl groups is 1. The van der Waals surface area contributed by atoms with Gasteiger partial charge in [0.1, 0.15) is 11.3 Å². The maximum Gasteiger partial charge on any atom is 0.412 e. The summed E-state index contributed by atoms with van der Waals surface area (Å²) in [6.45, 7) is 12.1. The maximum absolute atomic E-state index is 12.5. The summed E-state index contributed by atoms with van der Waals surface area (Å²) in [6.07, 6.45) is 2.38. The van der Waals surface area contributed by atoms with Gasteiger partial charge in [-0.1, -0.05) is 13.3 Å². The van der Waals surface area contributed by atoms with E-state index in [1.54, 1.807) is 4.90 Å². The predicted octanol–water partition coefficient (Wildman–Crippen LogP) is 3.16. The van der Waals surface area contributed by atoms with Crippen molar-refractivity contribution in [3.63, 3.8) is 0 Å². The van der Waals surface area contributed by atoms with Crippen LogP contribution in [0.15, 0.2) is 0 Å². The zero-order valence-corrected chi connectivity index (χ0v) is 14.3. The van der Waals surface area contributed by atoms with Crippen LogP contribution in [0.3, 0.4) is 0 Å². The molecular formula is C16H31NO4. The number of hydrogen-bond donors (Lipinski definition) is 1. The summed E-state index contributed by atoms with van der Waals surface area (Å²) in [6, 6.07) is -0.0430. The summed E-state index contributed by atoms with van der Waals surface area (Å²) >= 11 is 0. The Labute approximate surface area is 128 Å². The summed E-state index contributed by atoms with van der Waals surface area (Å²) in [4.78, 5) is 14.2. The molecule has 0 aromatic rings. The first-order valence-corrected chi connectivity index (χ1v) is 7.88. The minimum atomic E-state index is -0.667. The van der Waals surface area contributed by atoms with Crippen LogP contribution in [-0.4, -0.2) is 46.7 Å². The molecule has 0 radical (unpaired) electrons. The zero-order valence-electron chi connectivity index (χ0n) is 14.3. The molecule has 1 N–H and O–H groups in total. The first-order chi connectivity index (χ1) is 9.60. The largest absolute Gasteiger partial charge is 0.444 e. The number of ether oxygens (including phenoxy) is 2. The van der Waals surface area contributed by atoms with Crippen molar-refractivity contribution < 1.29 is 19.4 Å². The van der Waals surface area contributed by atoms with Crippen molar-refractivity contribution in [1.29, 1.82) is 0 Å². The highest BCUT2D eigenvalue weighted by Crippen LogP contribution is 2.32. The van der Waals surface area contributed by atoms with Crippen LogP contribution in [-0.2, 0) is 9.47 Å². The number of rotatable bonds is 5.